The summed E-state index contributed by atoms with van der Waals surface area (Å²) in [6, 6.07) is 7.11. The van der Waals surface area contributed by atoms with E-state index in [0.29, 0.717) is 35.2 Å². The minimum atomic E-state index is -4.98. The van der Waals surface area contributed by atoms with Crippen molar-refractivity contribution in [1.82, 2.24) is 20.5 Å². The van der Waals surface area contributed by atoms with E-state index in [9.17, 15) is 40.3 Å². The fraction of sp³-hybridized carbons (Fsp3) is 0.345. The van der Waals surface area contributed by atoms with Crippen LogP contribution >= 0.6 is 0 Å². The number of pyridine rings is 1. The zero-order valence-electron chi connectivity index (χ0n) is 22.3. The van der Waals surface area contributed by atoms with Crippen molar-refractivity contribution in [1.29, 1.82) is 0 Å². The summed E-state index contributed by atoms with van der Waals surface area (Å²) < 4.78 is 93.1. The number of alkyl halides is 6. The highest BCUT2D eigenvalue weighted by Crippen LogP contribution is 2.37. The van der Waals surface area contributed by atoms with Crippen molar-refractivity contribution >= 4 is 11.9 Å². The Balaban J connectivity index is 1.49. The van der Waals surface area contributed by atoms with Crippen LogP contribution in [0.4, 0.5) is 35.5 Å². The van der Waals surface area contributed by atoms with Gasteiger partial charge in [0.15, 0.2) is 0 Å². The summed E-state index contributed by atoms with van der Waals surface area (Å²) in [5.41, 5.74) is -1.53. The van der Waals surface area contributed by atoms with Crippen molar-refractivity contribution in [3.05, 3.63) is 100 Å². The number of benzene rings is 2. The van der Waals surface area contributed by atoms with E-state index in [4.69, 9.17) is 0 Å². The molecule has 4 rings (SSSR count). The first-order valence-corrected chi connectivity index (χ1v) is 13.0. The summed E-state index contributed by atoms with van der Waals surface area (Å²) in [6.45, 7) is 1.62. The van der Waals surface area contributed by atoms with Crippen LogP contribution in [-0.4, -0.2) is 41.0 Å². The van der Waals surface area contributed by atoms with Gasteiger partial charge in [0.25, 0.3) is 5.91 Å². The molecule has 3 amide bonds. The molecule has 2 aromatic carbocycles. The first kappa shape index (κ1) is 30.8. The normalized spacial score (nSPS) is 17.6. The molecule has 2 atom stereocenters. The standard InChI is InChI=1S/C29H27F7N4O2/c1-17-11-22(30)4-5-24(17)25-15-23(39-26(41)19-3-2-8-37-16-19)7-10-40(25)27(42)38-9-6-18-12-20(28(31,32)33)14-21(13-18)29(34,35)36/h2-5,8,11-14,16,23,25H,6-7,9-10,15H2,1H3,(H,38,42)(H,39,41). The van der Waals surface area contributed by atoms with E-state index in [1.54, 1.807) is 25.1 Å². The minimum absolute atomic E-state index is 0.0505. The van der Waals surface area contributed by atoms with Gasteiger partial charge in [-0.1, -0.05) is 6.07 Å². The lowest BCUT2D eigenvalue weighted by molar-refractivity contribution is -0.143. The highest BCUT2D eigenvalue weighted by Gasteiger charge is 2.37. The number of halogens is 7. The molecule has 1 aromatic heterocycles. The molecular weight excluding hydrogens is 569 g/mol. The quantitative estimate of drug-likeness (QED) is 0.321. The molecule has 0 spiro atoms. The number of nitrogens with one attached hydrogen (secondary N) is 2. The third-order valence-electron chi connectivity index (χ3n) is 7.05. The Hall–Kier alpha value is -4.16. The third-order valence-corrected chi connectivity index (χ3v) is 7.05. The molecule has 1 fully saturated rings. The van der Waals surface area contributed by atoms with Crippen molar-refractivity contribution in [3.8, 4) is 0 Å². The molecule has 1 saturated heterocycles. The first-order valence-electron chi connectivity index (χ1n) is 13.0. The summed E-state index contributed by atoms with van der Waals surface area (Å²) in [5, 5.41) is 5.51. The van der Waals surface area contributed by atoms with Gasteiger partial charge < -0.3 is 15.5 Å². The van der Waals surface area contributed by atoms with E-state index in [1.807, 2.05) is 0 Å². The molecule has 2 N–H and O–H groups in total. The van der Waals surface area contributed by atoms with Crippen LogP contribution in [0.1, 0.15) is 57.1 Å². The van der Waals surface area contributed by atoms with E-state index < -0.39 is 41.4 Å². The van der Waals surface area contributed by atoms with Crippen LogP contribution in [0, 0.1) is 12.7 Å². The molecule has 42 heavy (non-hydrogen) atoms. The van der Waals surface area contributed by atoms with Crippen molar-refractivity contribution in [3.63, 3.8) is 0 Å². The summed E-state index contributed by atoms with van der Waals surface area (Å²) >= 11 is 0. The summed E-state index contributed by atoms with van der Waals surface area (Å²) in [5.74, 6) is -0.816. The molecule has 0 bridgehead atoms. The van der Waals surface area contributed by atoms with Gasteiger partial charge in [-0.25, -0.2) is 9.18 Å². The first-order chi connectivity index (χ1) is 19.7. The van der Waals surface area contributed by atoms with Crippen LogP contribution in [0.25, 0.3) is 0 Å². The van der Waals surface area contributed by atoms with Crippen LogP contribution in [0.2, 0.25) is 0 Å². The van der Waals surface area contributed by atoms with E-state index in [1.165, 1.54) is 29.4 Å². The molecule has 2 unspecified atom stereocenters. The molecule has 1 aliphatic rings. The van der Waals surface area contributed by atoms with Gasteiger partial charge in [-0.15, -0.1) is 0 Å². The Labute approximate surface area is 236 Å². The fourth-order valence-electron chi connectivity index (χ4n) is 4.99. The SMILES string of the molecule is Cc1cc(F)ccc1C1CC(NC(=O)c2cccnc2)CCN1C(=O)NCCc1cc(C(F)(F)F)cc(C(F)(F)F)c1. The van der Waals surface area contributed by atoms with Gasteiger partial charge >= 0.3 is 18.4 Å². The lowest BCUT2D eigenvalue weighted by atomic mass is 9.89. The van der Waals surface area contributed by atoms with Crippen LogP contribution in [0.5, 0.6) is 0 Å². The maximum Gasteiger partial charge on any atom is 0.416 e. The van der Waals surface area contributed by atoms with Crippen molar-refractivity contribution in [2.24, 2.45) is 0 Å². The Bertz CT molecular complexity index is 1400. The predicted octanol–water partition coefficient (Wildman–Crippen LogP) is 6.45. The molecular formula is C29H27F7N4O2. The average molecular weight is 597 g/mol. The van der Waals surface area contributed by atoms with Gasteiger partial charge in [0.2, 0.25) is 0 Å². The number of urea groups is 1. The fourth-order valence-corrected chi connectivity index (χ4v) is 4.99. The minimum Gasteiger partial charge on any atom is -0.349 e. The zero-order chi connectivity index (χ0) is 30.7. The molecule has 0 saturated carbocycles. The number of hydrogen-bond donors (Lipinski definition) is 2. The van der Waals surface area contributed by atoms with E-state index in [2.05, 4.69) is 15.6 Å². The van der Waals surface area contributed by atoms with Crippen LogP contribution < -0.4 is 10.6 Å². The van der Waals surface area contributed by atoms with Gasteiger partial charge in [-0.05, 0) is 85.3 Å². The van der Waals surface area contributed by atoms with Gasteiger partial charge in [-0.2, -0.15) is 26.3 Å². The van der Waals surface area contributed by atoms with Crippen LogP contribution in [0.15, 0.2) is 60.9 Å². The Kier molecular flexibility index (Phi) is 9.07. The van der Waals surface area contributed by atoms with Gasteiger partial charge in [0.05, 0.1) is 22.7 Å². The number of amides is 3. The number of carbonyl (C=O) groups excluding carboxylic acids is 2. The number of nitrogens with zero attached hydrogens (tertiary/aromatic N) is 2. The van der Waals surface area contributed by atoms with Crippen LogP contribution in [-0.2, 0) is 18.8 Å². The number of carbonyl (C=O) groups is 2. The molecule has 2 heterocycles. The van der Waals surface area contributed by atoms with Crippen molar-refractivity contribution in [2.75, 3.05) is 13.1 Å². The van der Waals surface area contributed by atoms with E-state index in [0.717, 1.165) is 0 Å². The van der Waals surface area contributed by atoms with Gasteiger partial charge in [-0.3, -0.25) is 9.78 Å². The van der Waals surface area contributed by atoms with Gasteiger partial charge in [0, 0.05) is 31.5 Å². The Morgan fingerprint density at radius 1 is 1.00 bits per heavy atom. The highest BCUT2D eigenvalue weighted by atomic mass is 19.4. The summed E-state index contributed by atoms with van der Waals surface area (Å²) in [6.07, 6.45) is -6.62. The van der Waals surface area contributed by atoms with Crippen LogP contribution in [0.3, 0.4) is 0 Å². The van der Waals surface area contributed by atoms with Crippen molar-refractivity contribution < 1.29 is 40.3 Å². The monoisotopic (exact) mass is 596 g/mol. The highest BCUT2D eigenvalue weighted by molar-refractivity contribution is 5.94. The largest absolute Gasteiger partial charge is 0.416 e. The second kappa shape index (κ2) is 12.4. The molecule has 224 valence electrons. The smallest absolute Gasteiger partial charge is 0.349 e. The molecule has 0 aliphatic carbocycles. The number of hydrogen-bond acceptors (Lipinski definition) is 3. The van der Waals surface area contributed by atoms with Crippen molar-refractivity contribution in [2.45, 2.75) is 50.6 Å². The lowest BCUT2D eigenvalue weighted by Gasteiger charge is -2.40. The molecule has 3 aromatic rings. The maximum absolute atomic E-state index is 13.8. The average Bonchev–Trinajstić information content (AvgIpc) is 2.92. The summed E-state index contributed by atoms with van der Waals surface area (Å²) in [7, 11) is 0. The number of aromatic nitrogens is 1. The molecule has 1 aliphatic heterocycles. The Morgan fingerprint density at radius 2 is 1.69 bits per heavy atom. The number of piperidine rings is 1. The van der Waals surface area contributed by atoms with E-state index in [-0.39, 0.29) is 49.5 Å². The molecule has 0 radical (unpaired) electrons. The summed E-state index contributed by atoms with van der Waals surface area (Å²) in [4.78, 5) is 31.3. The third kappa shape index (κ3) is 7.56. The molecule has 13 heteroatoms. The Morgan fingerprint density at radius 3 is 2.29 bits per heavy atom. The second-order valence-corrected chi connectivity index (χ2v) is 10.0. The number of aryl methyl sites for hydroxylation is 1. The maximum atomic E-state index is 13.8. The number of likely N-dealkylation sites (tertiary alicyclic amines) is 1. The van der Waals surface area contributed by atoms with Gasteiger partial charge in [0.1, 0.15) is 5.82 Å². The zero-order valence-corrected chi connectivity index (χ0v) is 22.3. The predicted molar refractivity (Wildman–Crippen MR) is 139 cm³/mol. The van der Waals surface area contributed by atoms with E-state index >= 15 is 0 Å². The number of rotatable bonds is 6. The molecule has 6 nitrogen and oxygen atoms in total. The topological polar surface area (TPSA) is 74.3 Å². The second-order valence-electron chi connectivity index (χ2n) is 10.0. The lowest BCUT2D eigenvalue weighted by Crippen LogP contribution is -2.51.